The Balaban J connectivity index is 2.92. The van der Waals surface area contributed by atoms with E-state index in [4.69, 9.17) is 10.4 Å². The first-order valence-corrected chi connectivity index (χ1v) is 9.39. The SMILES string of the molecule is N#CCCCCCCCCCCCCCCCCCCO. The van der Waals surface area contributed by atoms with E-state index in [1.807, 2.05) is 0 Å². The Hall–Kier alpha value is -0.550. The number of unbranched alkanes of at least 4 members (excludes halogenated alkanes) is 16. The van der Waals surface area contributed by atoms with Gasteiger partial charge in [-0.05, 0) is 12.8 Å². The fraction of sp³-hybridized carbons (Fsp3) is 0.947. The highest BCUT2D eigenvalue weighted by Crippen LogP contribution is 2.13. The lowest BCUT2D eigenvalue weighted by Gasteiger charge is -2.03. The minimum absolute atomic E-state index is 0.361. The van der Waals surface area contributed by atoms with Crippen molar-refractivity contribution in [2.75, 3.05) is 6.61 Å². The Morgan fingerprint density at radius 3 is 1.05 bits per heavy atom. The first kappa shape index (κ1) is 20.5. The molecule has 0 spiro atoms. The number of rotatable bonds is 17. The summed E-state index contributed by atoms with van der Waals surface area (Å²) in [5.41, 5.74) is 0. The standard InChI is InChI=1S/C19H37NO/c20-18-16-14-12-10-8-6-4-2-1-3-5-7-9-11-13-15-17-19-21/h21H,1-17,19H2. The fourth-order valence-corrected chi connectivity index (χ4v) is 2.79. The lowest BCUT2D eigenvalue weighted by atomic mass is 10.0. The van der Waals surface area contributed by atoms with Crippen LogP contribution in [0, 0.1) is 11.3 Å². The van der Waals surface area contributed by atoms with Crippen LogP contribution < -0.4 is 0 Å². The van der Waals surface area contributed by atoms with E-state index in [1.54, 1.807) is 0 Å². The second-order valence-electron chi connectivity index (χ2n) is 6.29. The lowest BCUT2D eigenvalue weighted by Crippen LogP contribution is -1.85. The van der Waals surface area contributed by atoms with Crippen LogP contribution in [-0.2, 0) is 0 Å². The summed E-state index contributed by atoms with van der Waals surface area (Å²) in [5, 5.41) is 17.1. The van der Waals surface area contributed by atoms with Crippen molar-refractivity contribution in [1.29, 1.82) is 5.26 Å². The summed E-state index contributed by atoms with van der Waals surface area (Å²) in [6, 6.07) is 2.21. The van der Waals surface area contributed by atoms with Gasteiger partial charge in [0, 0.05) is 13.0 Å². The quantitative estimate of drug-likeness (QED) is 0.328. The van der Waals surface area contributed by atoms with Gasteiger partial charge in [0.2, 0.25) is 0 Å². The molecule has 0 aliphatic carbocycles. The zero-order valence-corrected chi connectivity index (χ0v) is 14.1. The molecule has 0 aromatic rings. The van der Waals surface area contributed by atoms with Crippen LogP contribution >= 0.6 is 0 Å². The fourth-order valence-electron chi connectivity index (χ4n) is 2.79. The molecule has 0 saturated heterocycles. The lowest BCUT2D eigenvalue weighted by molar-refractivity contribution is 0.282. The van der Waals surface area contributed by atoms with Crippen LogP contribution in [0.3, 0.4) is 0 Å². The Labute approximate surface area is 132 Å². The third-order valence-electron chi connectivity index (χ3n) is 4.20. The molecule has 0 aliphatic rings. The molecule has 0 unspecified atom stereocenters. The number of hydrogen-bond acceptors (Lipinski definition) is 2. The average molecular weight is 296 g/mol. The van der Waals surface area contributed by atoms with E-state index < -0.39 is 0 Å². The Morgan fingerprint density at radius 1 is 0.476 bits per heavy atom. The molecule has 0 fully saturated rings. The van der Waals surface area contributed by atoms with Gasteiger partial charge in [0.1, 0.15) is 0 Å². The number of hydrogen-bond donors (Lipinski definition) is 1. The molecule has 0 saturated carbocycles. The summed E-state index contributed by atoms with van der Waals surface area (Å²) >= 11 is 0. The van der Waals surface area contributed by atoms with Crippen molar-refractivity contribution in [1.82, 2.24) is 0 Å². The highest BCUT2D eigenvalue weighted by Gasteiger charge is 1.94. The molecule has 21 heavy (non-hydrogen) atoms. The molecular formula is C19H37NO. The summed E-state index contributed by atoms with van der Waals surface area (Å²) < 4.78 is 0. The van der Waals surface area contributed by atoms with Crippen LogP contribution in [0.5, 0.6) is 0 Å². The number of aliphatic hydroxyl groups is 1. The Kier molecular flexibility index (Phi) is 18.9. The topological polar surface area (TPSA) is 44.0 Å². The van der Waals surface area contributed by atoms with E-state index in [2.05, 4.69) is 6.07 Å². The van der Waals surface area contributed by atoms with Crippen LogP contribution in [0.2, 0.25) is 0 Å². The number of nitrogens with zero attached hydrogens (tertiary/aromatic N) is 1. The van der Waals surface area contributed by atoms with E-state index in [0.717, 1.165) is 19.3 Å². The van der Waals surface area contributed by atoms with E-state index in [1.165, 1.54) is 89.9 Å². The summed E-state index contributed by atoms with van der Waals surface area (Å²) in [4.78, 5) is 0. The van der Waals surface area contributed by atoms with Gasteiger partial charge in [-0.15, -0.1) is 0 Å². The van der Waals surface area contributed by atoms with Gasteiger partial charge in [0.05, 0.1) is 6.07 Å². The van der Waals surface area contributed by atoms with Crippen molar-refractivity contribution in [3.63, 3.8) is 0 Å². The summed E-state index contributed by atoms with van der Waals surface area (Å²) in [6.45, 7) is 0.361. The molecule has 0 atom stereocenters. The smallest absolute Gasteiger partial charge is 0.0621 e. The minimum Gasteiger partial charge on any atom is -0.396 e. The third-order valence-corrected chi connectivity index (χ3v) is 4.20. The normalized spacial score (nSPS) is 10.7. The maximum atomic E-state index is 8.68. The molecule has 0 aliphatic heterocycles. The van der Waals surface area contributed by atoms with Crippen molar-refractivity contribution in [3.8, 4) is 6.07 Å². The highest BCUT2D eigenvalue weighted by molar-refractivity contribution is 4.67. The highest BCUT2D eigenvalue weighted by atomic mass is 16.2. The largest absolute Gasteiger partial charge is 0.396 e. The summed E-state index contributed by atoms with van der Waals surface area (Å²) in [6.07, 6.45) is 21.8. The van der Waals surface area contributed by atoms with Gasteiger partial charge in [-0.2, -0.15) is 5.26 Å². The summed E-state index contributed by atoms with van der Waals surface area (Å²) in [7, 11) is 0. The monoisotopic (exact) mass is 295 g/mol. The number of aliphatic hydroxyl groups excluding tert-OH is 1. The number of nitriles is 1. The second-order valence-corrected chi connectivity index (χ2v) is 6.29. The maximum absolute atomic E-state index is 8.68. The van der Waals surface area contributed by atoms with Crippen LogP contribution in [-0.4, -0.2) is 11.7 Å². The van der Waals surface area contributed by atoms with Crippen molar-refractivity contribution < 1.29 is 5.11 Å². The summed E-state index contributed by atoms with van der Waals surface area (Å²) in [5.74, 6) is 0. The van der Waals surface area contributed by atoms with Crippen molar-refractivity contribution in [2.45, 2.75) is 109 Å². The van der Waals surface area contributed by atoms with Gasteiger partial charge in [-0.25, -0.2) is 0 Å². The second kappa shape index (κ2) is 19.4. The minimum atomic E-state index is 0.361. The molecule has 0 aromatic carbocycles. The van der Waals surface area contributed by atoms with Crippen molar-refractivity contribution in [2.24, 2.45) is 0 Å². The molecule has 2 nitrogen and oxygen atoms in total. The van der Waals surface area contributed by atoms with Gasteiger partial charge in [-0.3, -0.25) is 0 Å². The van der Waals surface area contributed by atoms with Gasteiger partial charge >= 0.3 is 0 Å². The maximum Gasteiger partial charge on any atom is 0.0621 e. The van der Waals surface area contributed by atoms with Gasteiger partial charge < -0.3 is 5.11 Å². The molecule has 0 rings (SSSR count). The first-order valence-electron chi connectivity index (χ1n) is 9.39. The molecule has 0 heterocycles. The molecule has 2 heteroatoms. The molecule has 0 bridgehead atoms. The molecule has 0 aromatic heterocycles. The van der Waals surface area contributed by atoms with E-state index in [9.17, 15) is 0 Å². The van der Waals surface area contributed by atoms with Gasteiger partial charge in [0.25, 0.3) is 0 Å². The third kappa shape index (κ3) is 19.4. The van der Waals surface area contributed by atoms with Crippen LogP contribution in [0.1, 0.15) is 109 Å². The molecule has 124 valence electrons. The van der Waals surface area contributed by atoms with Gasteiger partial charge in [0.15, 0.2) is 0 Å². The molecule has 0 radical (unpaired) electrons. The van der Waals surface area contributed by atoms with Crippen LogP contribution in [0.4, 0.5) is 0 Å². The van der Waals surface area contributed by atoms with E-state index in [-0.39, 0.29) is 0 Å². The van der Waals surface area contributed by atoms with Crippen molar-refractivity contribution in [3.05, 3.63) is 0 Å². The Morgan fingerprint density at radius 2 is 0.762 bits per heavy atom. The van der Waals surface area contributed by atoms with Crippen LogP contribution in [0.15, 0.2) is 0 Å². The molecule has 0 amide bonds. The van der Waals surface area contributed by atoms with E-state index >= 15 is 0 Å². The molecular weight excluding hydrogens is 258 g/mol. The predicted octanol–water partition coefficient (Wildman–Crippen LogP) is 6.13. The first-order chi connectivity index (χ1) is 10.4. The van der Waals surface area contributed by atoms with Crippen molar-refractivity contribution >= 4 is 0 Å². The average Bonchev–Trinajstić information content (AvgIpc) is 2.50. The Bertz CT molecular complexity index is 222. The zero-order chi connectivity index (χ0) is 15.4. The zero-order valence-electron chi connectivity index (χ0n) is 14.1. The van der Waals surface area contributed by atoms with E-state index in [0.29, 0.717) is 6.61 Å². The van der Waals surface area contributed by atoms with Gasteiger partial charge in [-0.1, -0.05) is 89.9 Å². The van der Waals surface area contributed by atoms with Crippen LogP contribution in [0.25, 0.3) is 0 Å². The predicted molar refractivity (Wildman–Crippen MR) is 91.2 cm³/mol. The molecule has 1 N–H and O–H groups in total.